The molecule has 0 unspecified atom stereocenters. The fraction of sp³-hybridized carbons (Fsp3) is 0.500. The second-order valence-corrected chi connectivity index (χ2v) is 5.69. The van der Waals surface area contributed by atoms with Gasteiger partial charge in [0.25, 0.3) is 0 Å². The Morgan fingerprint density at radius 3 is 2.76 bits per heavy atom. The second kappa shape index (κ2) is 5.59. The van der Waals surface area contributed by atoms with Crippen molar-refractivity contribution in [2.75, 3.05) is 13.2 Å². The molecule has 2 rings (SSSR count). The van der Waals surface area contributed by atoms with Gasteiger partial charge in [0.2, 0.25) is 0 Å². The minimum Gasteiger partial charge on any atom is -0.489 e. The van der Waals surface area contributed by atoms with Crippen molar-refractivity contribution in [2.45, 2.75) is 32.9 Å². The number of nitrogens with zero attached hydrogens (tertiary/aromatic N) is 2. The Hall–Kier alpha value is -2.31. The van der Waals surface area contributed by atoms with E-state index in [0.717, 1.165) is 0 Å². The fourth-order valence-corrected chi connectivity index (χ4v) is 1.93. The third-order valence-corrected chi connectivity index (χ3v) is 2.81. The van der Waals surface area contributed by atoms with Crippen molar-refractivity contribution in [3.8, 4) is 5.75 Å². The number of aromatic carboxylic acids is 1. The normalized spacial score (nSPS) is 14.7. The van der Waals surface area contributed by atoms with Crippen LogP contribution in [0.25, 0.3) is 0 Å². The largest absolute Gasteiger partial charge is 0.489 e. The van der Waals surface area contributed by atoms with Gasteiger partial charge in [-0.1, -0.05) is 0 Å². The van der Waals surface area contributed by atoms with E-state index in [9.17, 15) is 9.59 Å². The first-order chi connectivity index (χ1) is 9.78. The lowest BCUT2D eigenvalue weighted by atomic mass is 10.2. The van der Waals surface area contributed by atoms with Crippen molar-refractivity contribution in [3.63, 3.8) is 0 Å². The van der Waals surface area contributed by atoms with Crippen molar-refractivity contribution in [3.05, 3.63) is 23.5 Å². The van der Waals surface area contributed by atoms with Gasteiger partial charge in [-0.2, -0.15) is 0 Å². The van der Waals surface area contributed by atoms with Crippen LogP contribution in [0.2, 0.25) is 0 Å². The van der Waals surface area contributed by atoms with Gasteiger partial charge in [0.15, 0.2) is 5.75 Å². The molecule has 2 heterocycles. The van der Waals surface area contributed by atoms with Crippen molar-refractivity contribution in [1.29, 1.82) is 0 Å². The standard InChI is InChI=1S/C14H18N2O5/c1-14(2,3)21-13(19)16-6-7-20-11-9(12(17)18)4-5-15-10(11)8-16/h4-5H,6-8H2,1-3H3,(H,17,18). The summed E-state index contributed by atoms with van der Waals surface area (Å²) < 4.78 is 10.8. The van der Waals surface area contributed by atoms with Crippen LogP contribution in [0, 0.1) is 0 Å². The predicted molar refractivity (Wildman–Crippen MR) is 73.3 cm³/mol. The molecule has 1 aliphatic rings. The molecule has 1 aromatic rings. The second-order valence-electron chi connectivity index (χ2n) is 5.69. The van der Waals surface area contributed by atoms with Crippen LogP contribution in [0.5, 0.6) is 5.75 Å². The summed E-state index contributed by atoms with van der Waals surface area (Å²) in [6.07, 6.45) is 0.922. The first-order valence-corrected chi connectivity index (χ1v) is 6.60. The zero-order valence-corrected chi connectivity index (χ0v) is 12.3. The van der Waals surface area contributed by atoms with Gasteiger partial charge in [-0.3, -0.25) is 9.88 Å². The average molecular weight is 294 g/mol. The van der Waals surface area contributed by atoms with Crippen LogP contribution < -0.4 is 4.74 Å². The number of pyridine rings is 1. The number of fused-ring (bicyclic) bond motifs is 1. The summed E-state index contributed by atoms with van der Waals surface area (Å²) in [5, 5.41) is 9.15. The molecule has 7 heteroatoms. The minimum atomic E-state index is -1.08. The maximum atomic E-state index is 12.1. The zero-order valence-electron chi connectivity index (χ0n) is 12.3. The molecule has 0 spiro atoms. The molecular formula is C14H18N2O5. The zero-order chi connectivity index (χ0) is 15.6. The monoisotopic (exact) mass is 294 g/mol. The van der Waals surface area contributed by atoms with Crippen LogP contribution in [0.4, 0.5) is 4.79 Å². The number of ether oxygens (including phenoxy) is 2. The van der Waals surface area contributed by atoms with E-state index in [2.05, 4.69) is 4.98 Å². The SMILES string of the molecule is CC(C)(C)OC(=O)N1CCOc2c(C(=O)O)ccnc2C1. The number of rotatable bonds is 1. The Balaban J connectivity index is 2.24. The minimum absolute atomic E-state index is 0.0473. The molecule has 1 aliphatic heterocycles. The van der Waals surface area contributed by atoms with Gasteiger partial charge >= 0.3 is 12.1 Å². The van der Waals surface area contributed by atoms with E-state index < -0.39 is 17.7 Å². The summed E-state index contributed by atoms with van der Waals surface area (Å²) in [7, 11) is 0. The Kier molecular flexibility index (Phi) is 4.02. The van der Waals surface area contributed by atoms with E-state index in [-0.39, 0.29) is 24.5 Å². The summed E-state index contributed by atoms with van der Waals surface area (Å²) in [6, 6.07) is 1.38. The molecule has 7 nitrogen and oxygen atoms in total. The third-order valence-electron chi connectivity index (χ3n) is 2.81. The van der Waals surface area contributed by atoms with Crippen molar-refractivity contribution >= 4 is 12.1 Å². The Morgan fingerprint density at radius 2 is 2.14 bits per heavy atom. The van der Waals surface area contributed by atoms with E-state index in [1.807, 2.05) is 0 Å². The topological polar surface area (TPSA) is 89.0 Å². The quantitative estimate of drug-likeness (QED) is 0.851. The van der Waals surface area contributed by atoms with Crippen LogP contribution in [0.15, 0.2) is 12.3 Å². The summed E-state index contributed by atoms with van der Waals surface area (Å²) in [6.45, 7) is 6.02. The van der Waals surface area contributed by atoms with E-state index in [4.69, 9.17) is 14.6 Å². The number of carbonyl (C=O) groups excluding carboxylic acids is 1. The average Bonchev–Trinajstić information content (AvgIpc) is 2.57. The maximum Gasteiger partial charge on any atom is 0.410 e. The van der Waals surface area contributed by atoms with Gasteiger partial charge < -0.3 is 14.6 Å². The van der Waals surface area contributed by atoms with Crippen LogP contribution in [0.3, 0.4) is 0 Å². The number of carbonyl (C=O) groups is 2. The van der Waals surface area contributed by atoms with E-state index >= 15 is 0 Å². The molecule has 0 bridgehead atoms. The molecule has 0 atom stereocenters. The third kappa shape index (κ3) is 3.62. The molecule has 0 radical (unpaired) electrons. The lowest BCUT2D eigenvalue weighted by molar-refractivity contribution is 0.0223. The molecular weight excluding hydrogens is 276 g/mol. The highest BCUT2D eigenvalue weighted by Crippen LogP contribution is 2.26. The number of hydrogen-bond acceptors (Lipinski definition) is 5. The molecule has 1 amide bonds. The lowest BCUT2D eigenvalue weighted by Crippen LogP contribution is -2.37. The van der Waals surface area contributed by atoms with E-state index in [1.165, 1.54) is 17.2 Å². The molecule has 0 aliphatic carbocycles. The predicted octanol–water partition coefficient (Wildman–Crippen LogP) is 1.91. The Bertz CT molecular complexity index is 565. The highest BCUT2D eigenvalue weighted by atomic mass is 16.6. The molecule has 1 N–H and O–H groups in total. The number of amides is 1. The highest BCUT2D eigenvalue weighted by Gasteiger charge is 2.27. The van der Waals surface area contributed by atoms with Gasteiger partial charge in [0, 0.05) is 6.20 Å². The van der Waals surface area contributed by atoms with Gasteiger partial charge in [0.1, 0.15) is 23.5 Å². The molecule has 0 fully saturated rings. The molecule has 114 valence electrons. The summed E-state index contributed by atoms with van der Waals surface area (Å²) >= 11 is 0. The maximum absolute atomic E-state index is 12.1. The summed E-state index contributed by atoms with van der Waals surface area (Å²) in [4.78, 5) is 28.8. The number of carboxylic acid groups (broad SMARTS) is 1. The van der Waals surface area contributed by atoms with Crippen molar-refractivity contribution < 1.29 is 24.2 Å². The van der Waals surface area contributed by atoms with E-state index in [1.54, 1.807) is 20.8 Å². The Morgan fingerprint density at radius 1 is 1.43 bits per heavy atom. The van der Waals surface area contributed by atoms with Crippen molar-refractivity contribution in [2.24, 2.45) is 0 Å². The molecule has 0 saturated carbocycles. The number of hydrogen-bond donors (Lipinski definition) is 1. The van der Waals surface area contributed by atoms with Crippen LogP contribution in [0.1, 0.15) is 36.8 Å². The highest BCUT2D eigenvalue weighted by molar-refractivity contribution is 5.91. The smallest absolute Gasteiger partial charge is 0.410 e. The first-order valence-electron chi connectivity index (χ1n) is 6.60. The van der Waals surface area contributed by atoms with Crippen LogP contribution >= 0.6 is 0 Å². The van der Waals surface area contributed by atoms with Gasteiger partial charge in [0.05, 0.1) is 13.1 Å². The van der Waals surface area contributed by atoms with E-state index in [0.29, 0.717) is 12.2 Å². The fourth-order valence-electron chi connectivity index (χ4n) is 1.93. The van der Waals surface area contributed by atoms with Gasteiger partial charge in [-0.05, 0) is 26.8 Å². The van der Waals surface area contributed by atoms with Crippen molar-refractivity contribution in [1.82, 2.24) is 9.88 Å². The van der Waals surface area contributed by atoms with Gasteiger partial charge in [-0.25, -0.2) is 9.59 Å². The van der Waals surface area contributed by atoms with Crippen LogP contribution in [-0.2, 0) is 11.3 Å². The number of carboxylic acids is 1. The summed E-state index contributed by atoms with van der Waals surface area (Å²) in [5.74, 6) is -0.865. The molecule has 0 saturated heterocycles. The van der Waals surface area contributed by atoms with Gasteiger partial charge in [-0.15, -0.1) is 0 Å². The molecule has 21 heavy (non-hydrogen) atoms. The summed E-state index contributed by atoms with van der Waals surface area (Å²) in [5.41, 5.74) is -0.132. The first kappa shape index (κ1) is 15.1. The lowest BCUT2D eigenvalue weighted by Gasteiger charge is -2.25. The molecule has 0 aromatic carbocycles. The molecule has 1 aromatic heterocycles. The number of aromatic nitrogens is 1. The Labute approximate surface area is 122 Å². The van der Waals surface area contributed by atoms with Crippen LogP contribution in [-0.4, -0.2) is 45.8 Å².